The number of rotatable bonds is 5. The number of nitrogens with zero attached hydrogens (tertiary/aromatic N) is 2. The number of aryl methyl sites for hydroxylation is 2. The molecule has 0 radical (unpaired) electrons. The van der Waals surface area contributed by atoms with Crippen LogP contribution in [0.25, 0.3) is 11.8 Å². The van der Waals surface area contributed by atoms with Crippen LogP contribution < -0.4 is 10.5 Å². The van der Waals surface area contributed by atoms with Gasteiger partial charge in [-0.2, -0.15) is 5.26 Å². The Kier molecular flexibility index (Phi) is 6.35. The molecule has 7 nitrogen and oxygen atoms in total. The summed E-state index contributed by atoms with van der Waals surface area (Å²) in [4.78, 5) is 12.8. The zero-order chi connectivity index (χ0) is 23.6. The quantitative estimate of drug-likeness (QED) is 0.454. The van der Waals surface area contributed by atoms with Gasteiger partial charge in [-0.25, -0.2) is 13.6 Å². The highest BCUT2D eigenvalue weighted by Crippen LogP contribution is 2.24. The number of benzene rings is 2. The summed E-state index contributed by atoms with van der Waals surface area (Å²) in [6.07, 6.45) is 1.55. The first-order valence-corrected chi connectivity index (χ1v) is 11.4. The van der Waals surface area contributed by atoms with E-state index in [-0.39, 0.29) is 10.5 Å². The van der Waals surface area contributed by atoms with Gasteiger partial charge >= 0.3 is 0 Å². The van der Waals surface area contributed by atoms with Gasteiger partial charge < -0.3 is 9.88 Å². The number of nitrogens with two attached hydrogens (primary N) is 1. The van der Waals surface area contributed by atoms with Crippen LogP contribution in [0.3, 0.4) is 0 Å². The molecule has 3 N–H and O–H groups in total. The molecule has 0 aliphatic carbocycles. The minimum absolute atomic E-state index is 0.0178. The van der Waals surface area contributed by atoms with Gasteiger partial charge in [-0.15, -0.1) is 0 Å². The molecule has 0 atom stereocenters. The molecule has 0 fully saturated rings. The summed E-state index contributed by atoms with van der Waals surface area (Å²) in [7, 11) is -3.78. The molecule has 0 unspecified atom stereocenters. The lowest BCUT2D eigenvalue weighted by Gasteiger charge is -2.11. The van der Waals surface area contributed by atoms with E-state index in [4.69, 9.17) is 5.14 Å². The van der Waals surface area contributed by atoms with Crippen molar-refractivity contribution in [3.05, 3.63) is 82.2 Å². The van der Waals surface area contributed by atoms with E-state index in [0.717, 1.165) is 28.2 Å². The second-order valence-electron chi connectivity index (χ2n) is 7.57. The summed E-state index contributed by atoms with van der Waals surface area (Å²) in [6.45, 7) is 7.62. The minimum Gasteiger partial charge on any atom is -0.321 e. The van der Waals surface area contributed by atoms with Gasteiger partial charge in [0.2, 0.25) is 10.0 Å². The zero-order valence-corrected chi connectivity index (χ0v) is 19.1. The number of carbonyl (C=O) groups excluding carboxylic acids is 1. The average molecular weight is 449 g/mol. The van der Waals surface area contributed by atoms with Crippen LogP contribution in [0.5, 0.6) is 0 Å². The highest BCUT2D eigenvalue weighted by atomic mass is 32.2. The molecule has 1 aromatic heterocycles. The molecule has 0 aliphatic heterocycles. The number of carbonyl (C=O) groups is 1. The average Bonchev–Trinajstić information content (AvgIpc) is 3.01. The van der Waals surface area contributed by atoms with Crippen LogP contribution in [-0.4, -0.2) is 18.9 Å². The Balaban J connectivity index is 1.95. The van der Waals surface area contributed by atoms with Crippen LogP contribution in [0.4, 0.5) is 5.69 Å². The molecule has 0 aliphatic rings. The van der Waals surface area contributed by atoms with E-state index in [1.807, 2.05) is 56.5 Å². The van der Waals surface area contributed by atoms with Crippen molar-refractivity contribution in [3.63, 3.8) is 0 Å². The molecular formula is C24H24N4O3S. The van der Waals surface area contributed by atoms with E-state index >= 15 is 0 Å². The molecule has 0 spiro atoms. The van der Waals surface area contributed by atoms with E-state index in [9.17, 15) is 18.5 Å². The Bertz CT molecular complexity index is 1380. The number of hydrogen-bond donors (Lipinski definition) is 2. The maximum absolute atomic E-state index is 12.7. The SMILES string of the molecule is Cc1cccc(NC(=O)/C(C#N)=C\c2cc(C)n(-c3ccc(S(N)(=O)=O)cc3)c2C)c1C. The van der Waals surface area contributed by atoms with Crippen LogP contribution in [0, 0.1) is 39.0 Å². The fourth-order valence-corrected chi connectivity index (χ4v) is 4.01. The number of amides is 1. The number of aromatic nitrogens is 1. The van der Waals surface area contributed by atoms with Crippen molar-refractivity contribution in [2.24, 2.45) is 5.14 Å². The molecule has 3 rings (SSSR count). The van der Waals surface area contributed by atoms with Crippen LogP contribution in [0.15, 0.2) is 59.0 Å². The number of nitriles is 1. The number of anilines is 1. The molecule has 2 aromatic carbocycles. The maximum Gasteiger partial charge on any atom is 0.266 e. The summed E-state index contributed by atoms with van der Waals surface area (Å²) in [5.41, 5.74) is 5.76. The van der Waals surface area contributed by atoms with Gasteiger partial charge in [0, 0.05) is 22.8 Å². The Morgan fingerprint density at radius 1 is 1.09 bits per heavy atom. The van der Waals surface area contributed by atoms with Crippen molar-refractivity contribution in [2.45, 2.75) is 32.6 Å². The number of sulfonamides is 1. The van der Waals surface area contributed by atoms with Crippen molar-refractivity contribution < 1.29 is 13.2 Å². The standard InChI is InChI=1S/C24H24N4O3S/c1-15-6-5-7-23(17(15)3)27-24(29)20(14-25)13-19-12-16(2)28(18(19)4)21-8-10-22(11-9-21)32(26,30)31/h5-13H,1-4H3,(H,27,29)(H2,26,30,31)/b20-13-. The molecule has 0 bridgehead atoms. The maximum atomic E-state index is 12.7. The first-order valence-electron chi connectivity index (χ1n) is 9.84. The van der Waals surface area contributed by atoms with Crippen molar-refractivity contribution >= 4 is 27.7 Å². The van der Waals surface area contributed by atoms with Crippen LogP contribution in [-0.2, 0) is 14.8 Å². The minimum atomic E-state index is -3.78. The van der Waals surface area contributed by atoms with Crippen molar-refractivity contribution in [1.29, 1.82) is 5.26 Å². The van der Waals surface area contributed by atoms with Crippen LogP contribution in [0.1, 0.15) is 28.1 Å². The lowest BCUT2D eigenvalue weighted by molar-refractivity contribution is -0.112. The van der Waals surface area contributed by atoms with Gasteiger partial charge in [0.05, 0.1) is 4.90 Å². The summed E-state index contributed by atoms with van der Waals surface area (Å²) < 4.78 is 24.9. The van der Waals surface area contributed by atoms with Gasteiger partial charge in [0.1, 0.15) is 11.6 Å². The zero-order valence-electron chi connectivity index (χ0n) is 18.3. The third kappa shape index (κ3) is 4.64. The smallest absolute Gasteiger partial charge is 0.266 e. The van der Waals surface area contributed by atoms with Gasteiger partial charge in [-0.1, -0.05) is 12.1 Å². The third-order valence-electron chi connectivity index (χ3n) is 5.41. The normalized spacial score (nSPS) is 11.8. The van der Waals surface area contributed by atoms with Crippen LogP contribution >= 0.6 is 0 Å². The summed E-state index contributed by atoms with van der Waals surface area (Å²) in [6, 6.07) is 15.7. The van der Waals surface area contributed by atoms with Gasteiger partial charge in [0.25, 0.3) is 5.91 Å². The van der Waals surface area contributed by atoms with Crippen molar-refractivity contribution in [2.75, 3.05) is 5.32 Å². The molecule has 1 heterocycles. The number of primary sulfonamides is 1. The fraction of sp³-hybridized carbons (Fsp3) is 0.167. The number of nitrogens with one attached hydrogen (secondary N) is 1. The van der Waals surface area contributed by atoms with E-state index in [1.165, 1.54) is 12.1 Å². The van der Waals surface area contributed by atoms with Gasteiger partial charge in [-0.3, -0.25) is 4.79 Å². The van der Waals surface area contributed by atoms with Crippen molar-refractivity contribution in [1.82, 2.24) is 4.57 Å². The summed E-state index contributed by atoms with van der Waals surface area (Å²) in [5.74, 6) is -0.483. The summed E-state index contributed by atoms with van der Waals surface area (Å²) in [5, 5.41) is 17.6. The molecule has 0 saturated carbocycles. The topological polar surface area (TPSA) is 118 Å². The van der Waals surface area contributed by atoms with Gasteiger partial charge in [0.15, 0.2) is 0 Å². The molecule has 1 amide bonds. The Labute approximate surface area is 187 Å². The van der Waals surface area contributed by atoms with E-state index in [2.05, 4.69) is 5.32 Å². The first-order chi connectivity index (χ1) is 15.0. The molecule has 32 heavy (non-hydrogen) atoms. The fourth-order valence-electron chi connectivity index (χ4n) is 3.50. The Morgan fingerprint density at radius 3 is 2.34 bits per heavy atom. The molecular weight excluding hydrogens is 424 g/mol. The Hall–Kier alpha value is -3.67. The van der Waals surface area contributed by atoms with E-state index in [0.29, 0.717) is 11.3 Å². The van der Waals surface area contributed by atoms with Gasteiger partial charge in [-0.05, 0) is 86.9 Å². The molecule has 8 heteroatoms. The largest absolute Gasteiger partial charge is 0.321 e. The van der Waals surface area contributed by atoms with E-state index in [1.54, 1.807) is 24.3 Å². The second kappa shape index (κ2) is 8.83. The molecule has 164 valence electrons. The van der Waals surface area contributed by atoms with Crippen molar-refractivity contribution in [3.8, 4) is 11.8 Å². The lowest BCUT2D eigenvalue weighted by Crippen LogP contribution is -2.14. The van der Waals surface area contributed by atoms with Crippen LogP contribution in [0.2, 0.25) is 0 Å². The number of hydrogen-bond acceptors (Lipinski definition) is 4. The first kappa shape index (κ1) is 23.0. The lowest BCUT2D eigenvalue weighted by atomic mass is 10.1. The predicted molar refractivity (Wildman–Crippen MR) is 125 cm³/mol. The highest BCUT2D eigenvalue weighted by Gasteiger charge is 2.15. The highest BCUT2D eigenvalue weighted by molar-refractivity contribution is 7.89. The predicted octanol–water partition coefficient (Wildman–Crippen LogP) is 3.90. The third-order valence-corrected chi connectivity index (χ3v) is 6.34. The van der Waals surface area contributed by atoms with E-state index < -0.39 is 15.9 Å². The Morgan fingerprint density at radius 2 is 1.75 bits per heavy atom. The second-order valence-corrected chi connectivity index (χ2v) is 9.13. The molecule has 3 aromatic rings. The molecule has 0 saturated heterocycles. The summed E-state index contributed by atoms with van der Waals surface area (Å²) >= 11 is 0. The monoisotopic (exact) mass is 448 g/mol.